The molecule has 3 heterocycles. The van der Waals surface area contributed by atoms with Gasteiger partial charge in [-0.15, -0.1) is 0 Å². The highest BCUT2D eigenvalue weighted by atomic mass is 16.2. The summed E-state index contributed by atoms with van der Waals surface area (Å²) in [5, 5.41) is 1.18. The lowest BCUT2D eigenvalue weighted by atomic mass is 9.89. The van der Waals surface area contributed by atoms with Crippen LogP contribution >= 0.6 is 0 Å². The Bertz CT molecular complexity index is 1290. The van der Waals surface area contributed by atoms with Gasteiger partial charge < -0.3 is 9.80 Å². The Hall–Kier alpha value is -3.25. The second-order valence-corrected chi connectivity index (χ2v) is 11.8. The average molecular weight is 527 g/mol. The van der Waals surface area contributed by atoms with Crippen molar-refractivity contribution in [2.75, 3.05) is 32.7 Å². The van der Waals surface area contributed by atoms with Gasteiger partial charge in [0, 0.05) is 63.7 Å². The smallest absolute Gasteiger partial charge is 0.223 e. The fourth-order valence-electron chi connectivity index (χ4n) is 6.46. The van der Waals surface area contributed by atoms with Crippen LogP contribution in [0.2, 0.25) is 0 Å². The molecular formula is C33H42N4O2. The van der Waals surface area contributed by atoms with Crippen LogP contribution < -0.4 is 0 Å². The van der Waals surface area contributed by atoms with Gasteiger partial charge in [0.2, 0.25) is 11.8 Å². The SMILES string of the molecule is CC(=O)N1CCC(CC(=O)N2CCN(C(c3ccc(C)cc3)c3cccc4ncccc34)CC2C(C)C)CC1. The lowest BCUT2D eigenvalue weighted by Gasteiger charge is -2.47. The Morgan fingerprint density at radius 3 is 2.38 bits per heavy atom. The molecule has 2 aliphatic rings. The van der Waals surface area contributed by atoms with Gasteiger partial charge in [-0.1, -0.05) is 61.9 Å². The third-order valence-corrected chi connectivity index (χ3v) is 8.80. The monoisotopic (exact) mass is 526 g/mol. The number of benzene rings is 2. The minimum atomic E-state index is 0.0907. The van der Waals surface area contributed by atoms with Crippen LogP contribution in [0.5, 0.6) is 0 Å². The summed E-state index contributed by atoms with van der Waals surface area (Å²) in [6.45, 7) is 12.2. The third kappa shape index (κ3) is 6.01. The topological polar surface area (TPSA) is 56.8 Å². The first-order valence-electron chi connectivity index (χ1n) is 14.5. The molecule has 0 bridgehead atoms. The van der Waals surface area contributed by atoms with E-state index in [1.807, 2.05) is 17.2 Å². The zero-order chi connectivity index (χ0) is 27.5. The van der Waals surface area contributed by atoms with Crippen LogP contribution in [0, 0.1) is 18.8 Å². The molecule has 3 aromatic rings. The van der Waals surface area contributed by atoms with Gasteiger partial charge in [0.25, 0.3) is 0 Å². The molecule has 6 heteroatoms. The average Bonchev–Trinajstić information content (AvgIpc) is 2.94. The molecule has 0 saturated carbocycles. The molecule has 2 saturated heterocycles. The predicted molar refractivity (Wildman–Crippen MR) is 156 cm³/mol. The Balaban J connectivity index is 1.39. The summed E-state index contributed by atoms with van der Waals surface area (Å²) in [6.07, 6.45) is 4.28. The highest BCUT2D eigenvalue weighted by Crippen LogP contribution is 2.36. The van der Waals surface area contributed by atoms with E-state index in [-0.39, 0.29) is 23.9 Å². The van der Waals surface area contributed by atoms with Crippen LogP contribution in [0.15, 0.2) is 60.8 Å². The maximum absolute atomic E-state index is 13.6. The maximum Gasteiger partial charge on any atom is 0.223 e. The molecule has 6 nitrogen and oxygen atoms in total. The number of piperazine rings is 1. The molecule has 2 aromatic carbocycles. The van der Waals surface area contributed by atoms with Crippen molar-refractivity contribution in [1.82, 2.24) is 19.7 Å². The van der Waals surface area contributed by atoms with Crippen LogP contribution in [0.25, 0.3) is 10.9 Å². The fourth-order valence-corrected chi connectivity index (χ4v) is 6.46. The van der Waals surface area contributed by atoms with Gasteiger partial charge in [0.15, 0.2) is 0 Å². The first-order chi connectivity index (χ1) is 18.8. The molecule has 0 N–H and O–H groups in total. The molecule has 1 aromatic heterocycles. The van der Waals surface area contributed by atoms with Crippen LogP contribution in [-0.4, -0.2) is 70.3 Å². The number of carbonyl (C=O) groups excluding carboxylic acids is 2. The third-order valence-electron chi connectivity index (χ3n) is 8.80. The molecule has 2 aliphatic heterocycles. The van der Waals surface area contributed by atoms with Crippen LogP contribution in [0.3, 0.4) is 0 Å². The number of hydrogen-bond acceptors (Lipinski definition) is 4. The van der Waals surface area contributed by atoms with Gasteiger partial charge >= 0.3 is 0 Å². The molecule has 0 radical (unpaired) electrons. The normalized spacial score (nSPS) is 20.0. The Labute approximate surface area is 233 Å². The second kappa shape index (κ2) is 11.9. The van der Waals surface area contributed by atoms with Gasteiger partial charge in [-0.05, 0) is 54.9 Å². The van der Waals surface area contributed by atoms with Crippen molar-refractivity contribution >= 4 is 22.7 Å². The highest BCUT2D eigenvalue weighted by molar-refractivity contribution is 5.83. The number of piperidine rings is 1. The van der Waals surface area contributed by atoms with E-state index in [9.17, 15) is 9.59 Å². The quantitative estimate of drug-likeness (QED) is 0.429. The van der Waals surface area contributed by atoms with E-state index in [0.29, 0.717) is 18.3 Å². The summed E-state index contributed by atoms with van der Waals surface area (Å²) >= 11 is 0. The molecule has 206 valence electrons. The Morgan fingerprint density at radius 2 is 1.69 bits per heavy atom. The minimum Gasteiger partial charge on any atom is -0.343 e. The summed E-state index contributed by atoms with van der Waals surface area (Å²) in [4.78, 5) is 36.6. The van der Waals surface area contributed by atoms with Crippen molar-refractivity contribution in [2.45, 2.75) is 59.0 Å². The van der Waals surface area contributed by atoms with Crippen molar-refractivity contribution in [3.05, 3.63) is 77.5 Å². The molecular weight excluding hydrogens is 484 g/mol. The summed E-state index contributed by atoms with van der Waals surface area (Å²) in [5.74, 6) is 1.13. The summed E-state index contributed by atoms with van der Waals surface area (Å²) < 4.78 is 0. The largest absolute Gasteiger partial charge is 0.343 e. The summed E-state index contributed by atoms with van der Waals surface area (Å²) in [7, 11) is 0. The number of amides is 2. The van der Waals surface area contributed by atoms with Crippen LogP contribution in [0.4, 0.5) is 0 Å². The molecule has 5 rings (SSSR count). The molecule has 0 spiro atoms. The molecule has 39 heavy (non-hydrogen) atoms. The number of nitrogens with zero attached hydrogens (tertiary/aromatic N) is 4. The number of aryl methyl sites for hydroxylation is 1. The van der Waals surface area contributed by atoms with E-state index in [0.717, 1.165) is 51.1 Å². The van der Waals surface area contributed by atoms with E-state index in [2.05, 4.69) is 84.1 Å². The summed E-state index contributed by atoms with van der Waals surface area (Å²) in [6, 6.07) is 19.8. The number of pyridine rings is 1. The number of hydrogen-bond donors (Lipinski definition) is 0. The van der Waals surface area contributed by atoms with Crippen molar-refractivity contribution in [3.63, 3.8) is 0 Å². The number of fused-ring (bicyclic) bond motifs is 1. The number of rotatable bonds is 6. The van der Waals surface area contributed by atoms with Crippen molar-refractivity contribution < 1.29 is 9.59 Å². The standard InChI is InChI=1S/C33H42N4O2/c1-23(2)31-22-36(19-20-37(31)32(39)21-26-14-17-35(18-15-26)25(4)38)33(27-12-10-24(3)11-13-27)29-7-5-9-30-28(29)8-6-16-34-30/h5-13,16,23,26,31,33H,14-15,17-22H2,1-4H3. The molecule has 2 atom stereocenters. The van der Waals surface area contributed by atoms with Gasteiger partial charge in [0.1, 0.15) is 0 Å². The molecule has 2 unspecified atom stereocenters. The number of aromatic nitrogens is 1. The van der Waals surface area contributed by atoms with E-state index in [4.69, 9.17) is 0 Å². The molecule has 2 fully saturated rings. The number of likely N-dealkylation sites (tertiary alicyclic amines) is 1. The Kier molecular flexibility index (Phi) is 8.31. The van der Waals surface area contributed by atoms with Gasteiger partial charge in [-0.3, -0.25) is 19.5 Å². The first kappa shape index (κ1) is 27.3. The molecule has 0 aliphatic carbocycles. The van der Waals surface area contributed by atoms with Crippen LogP contribution in [-0.2, 0) is 9.59 Å². The maximum atomic E-state index is 13.6. The number of carbonyl (C=O) groups is 2. The lowest BCUT2D eigenvalue weighted by molar-refractivity contribution is -0.139. The van der Waals surface area contributed by atoms with Crippen molar-refractivity contribution in [1.29, 1.82) is 0 Å². The fraction of sp³-hybridized carbons (Fsp3) is 0.485. The predicted octanol–water partition coefficient (Wildman–Crippen LogP) is 5.45. The zero-order valence-electron chi connectivity index (χ0n) is 23.8. The lowest BCUT2D eigenvalue weighted by Crippen LogP contribution is -2.58. The van der Waals surface area contributed by atoms with Gasteiger partial charge in [-0.2, -0.15) is 0 Å². The Morgan fingerprint density at radius 1 is 0.949 bits per heavy atom. The summed E-state index contributed by atoms with van der Waals surface area (Å²) in [5.41, 5.74) is 4.80. The molecule has 2 amide bonds. The van der Waals surface area contributed by atoms with E-state index in [1.165, 1.54) is 22.1 Å². The van der Waals surface area contributed by atoms with Crippen molar-refractivity contribution in [3.8, 4) is 0 Å². The zero-order valence-corrected chi connectivity index (χ0v) is 23.8. The van der Waals surface area contributed by atoms with Crippen molar-refractivity contribution in [2.24, 2.45) is 11.8 Å². The first-order valence-corrected chi connectivity index (χ1v) is 14.5. The highest BCUT2D eigenvalue weighted by Gasteiger charge is 2.37. The van der Waals surface area contributed by atoms with Crippen LogP contribution in [0.1, 0.15) is 62.8 Å². The minimum absolute atomic E-state index is 0.0907. The van der Waals surface area contributed by atoms with Gasteiger partial charge in [-0.25, -0.2) is 0 Å². The second-order valence-electron chi connectivity index (χ2n) is 11.8. The van der Waals surface area contributed by atoms with Gasteiger partial charge in [0.05, 0.1) is 11.6 Å². The van der Waals surface area contributed by atoms with E-state index in [1.54, 1.807) is 6.92 Å². The van der Waals surface area contributed by atoms with E-state index < -0.39 is 0 Å². The van der Waals surface area contributed by atoms with E-state index >= 15 is 0 Å².